The predicted molar refractivity (Wildman–Crippen MR) is 93.4 cm³/mol. The lowest BCUT2D eigenvalue weighted by molar-refractivity contribution is -0.148. The van der Waals surface area contributed by atoms with Crippen molar-refractivity contribution in [2.75, 3.05) is 19.7 Å². The van der Waals surface area contributed by atoms with Crippen molar-refractivity contribution in [3.05, 3.63) is 59.7 Å². The molecule has 1 N–H and O–H groups in total. The lowest BCUT2D eigenvalue weighted by Gasteiger charge is -2.36. The minimum atomic E-state index is -0.925. The number of carboxylic acid groups (broad SMARTS) is 1. The van der Waals surface area contributed by atoms with Crippen LogP contribution in [0.15, 0.2) is 48.5 Å². The van der Waals surface area contributed by atoms with Gasteiger partial charge in [0.1, 0.15) is 11.5 Å². The maximum Gasteiger partial charge on any atom is 0.306 e. The number of amides is 1. The van der Waals surface area contributed by atoms with Crippen molar-refractivity contribution < 1.29 is 24.2 Å². The van der Waals surface area contributed by atoms with E-state index in [1.807, 2.05) is 48.5 Å². The number of para-hydroxylation sites is 2. The minimum Gasteiger partial charge on any atom is -0.481 e. The van der Waals surface area contributed by atoms with Crippen molar-refractivity contribution in [2.24, 2.45) is 0 Å². The second kappa shape index (κ2) is 6.80. The fourth-order valence-electron chi connectivity index (χ4n) is 3.60. The van der Waals surface area contributed by atoms with Crippen molar-refractivity contribution >= 4 is 11.9 Å². The smallest absolute Gasteiger partial charge is 0.306 e. The number of ether oxygens (including phenoxy) is 2. The molecule has 0 saturated carbocycles. The van der Waals surface area contributed by atoms with E-state index in [-0.39, 0.29) is 18.9 Å². The highest BCUT2D eigenvalue weighted by Gasteiger charge is 2.37. The molecule has 1 fully saturated rings. The van der Waals surface area contributed by atoms with Gasteiger partial charge in [-0.05, 0) is 12.1 Å². The summed E-state index contributed by atoms with van der Waals surface area (Å²) in [6.07, 6.45) is -0.583. The minimum absolute atomic E-state index is 0.0492. The number of aliphatic carboxylic acids is 1. The molecule has 2 aromatic carbocycles. The Morgan fingerprint density at radius 2 is 1.65 bits per heavy atom. The van der Waals surface area contributed by atoms with Gasteiger partial charge in [0, 0.05) is 24.2 Å². The van der Waals surface area contributed by atoms with Crippen LogP contribution in [0.4, 0.5) is 0 Å². The van der Waals surface area contributed by atoms with E-state index in [9.17, 15) is 9.59 Å². The van der Waals surface area contributed by atoms with Crippen LogP contribution in [0, 0.1) is 0 Å². The summed E-state index contributed by atoms with van der Waals surface area (Å²) < 4.78 is 11.4. The molecule has 26 heavy (non-hydrogen) atoms. The summed E-state index contributed by atoms with van der Waals surface area (Å²) in [5.74, 6) is -0.0718. The topological polar surface area (TPSA) is 76.1 Å². The molecule has 1 atom stereocenters. The molecule has 1 amide bonds. The Labute approximate surface area is 151 Å². The third-order valence-corrected chi connectivity index (χ3v) is 4.78. The van der Waals surface area contributed by atoms with E-state index in [2.05, 4.69) is 0 Å². The van der Waals surface area contributed by atoms with E-state index >= 15 is 0 Å². The highest BCUT2D eigenvalue weighted by atomic mass is 16.5. The van der Waals surface area contributed by atoms with Crippen LogP contribution >= 0.6 is 0 Å². The van der Waals surface area contributed by atoms with Gasteiger partial charge in [-0.15, -0.1) is 0 Å². The Morgan fingerprint density at radius 1 is 1.04 bits per heavy atom. The van der Waals surface area contributed by atoms with Crippen LogP contribution in [-0.4, -0.2) is 47.7 Å². The first-order chi connectivity index (χ1) is 12.6. The van der Waals surface area contributed by atoms with Crippen LogP contribution in [0.1, 0.15) is 23.5 Å². The normalized spacial score (nSPS) is 19.2. The standard InChI is InChI=1S/C20H19NO5/c22-18(23)11-13-12-21(9-10-25-13)20(24)19-14-5-1-3-7-16(14)26-17-8-4-2-6-15(17)19/h1-8,13,19H,9-12H2,(H,22,23). The molecule has 0 spiro atoms. The zero-order valence-corrected chi connectivity index (χ0v) is 14.1. The summed E-state index contributed by atoms with van der Waals surface area (Å²) in [5, 5.41) is 9.00. The molecule has 6 heteroatoms. The SMILES string of the molecule is O=C(O)CC1CN(C(=O)C2c3ccccc3Oc3ccccc32)CCO1. The van der Waals surface area contributed by atoms with E-state index in [0.29, 0.717) is 24.7 Å². The Balaban J connectivity index is 1.66. The number of carboxylic acids is 1. The second-order valence-electron chi connectivity index (χ2n) is 6.49. The molecular formula is C20H19NO5. The number of fused-ring (bicyclic) bond motifs is 2. The first kappa shape index (κ1) is 16.6. The summed E-state index contributed by atoms with van der Waals surface area (Å²) in [6.45, 7) is 1.08. The van der Waals surface area contributed by atoms with Gasteiger partial charge in [-0.25, -0.2) is 0 Å². The second-order valence-corrected chi connectivity index (χ2v) is 6.49. The molecule has 6 nitrogen and oxygen atoms in total. The molecule has 0 aromatic heterocycles. The molecule has 0 aliphatic carbocycles. The highest BCUT2D eigenvalue weighted by Crippen LogP contribution is 2.44. The largest absolute Gasteiger partial charge is 0.481 e. The van der Waals surface area contributed by atoms with Crippen molar-refractivity contribution in [3.8, 4) is 11.5 Å². The van der Waals surface area contributed by atoms with Crippen LogP contribution in [0.3, 0.4) is 0 Å². The van der Waals surface area contributed by atoms with Gasteiger partial charge in [-0.1, -0.05) is 36.4 Å². The Kier molecular flexibility index (Phi) is 4.34. The molecule has 1 unspecified atom stereocenters. The molecule has 2 aromatic rings. The summed E-state index contributed by atoms with van der Waals surface area (Å²) in [6, 6.07) is 15.1. The van der Waals surface area contributed by atoms with Gasteiger partial charge in [0.05, 0.1) is 25.0 Å². The molecule has 134 valence electrons. The zero-order chi connectivity index (χ0) is 18.1. The van der Waals surface area contributed by atoms with Crippen molar-refractivity contribution in [3.63, 3.8) is 0 Å². The Morgan fingerprint density at radius 3 is 2.27 bits per heavy atom. The number of hydrogen-bond acceptors (Lipinski definition) is 4. The number of hydrogen-bond donors (Lipinski definition) is 1. The van der Waals surface area contributed by atoms with Gasteiger partial charge in [0.15, 0.2) is 0 Å². The number of morpholine rings is 1. The van der Waals surface area contributed by atoms with Gasteiger partial charge < -0.3 is 19.5 Å². The quantitative estimate of drug-likeness (QED) is 0.918. The van der Waals surface area contributed by atoms with Gasteiger partial charge in [0.25, 0.3) is 0 Å². The Hall–Kier alpha value is -2.86. The molecule has 0 radical (unpaired) electrons. The molecule has 2 aliphatic rings. The number of carbonyl (C=O) groups is 2. The van der Waals surface area contributed by atoms with Crippen LogP contribution in [-0.2, 0) is 14.3 Å². The van der Waals surface area contributed by atoms with Crippen molar-refractivity contribution in [2.45, 2.75) is 18.4 Å². The van der Waals surface area contributed by atoms with E-state index in [4.69, 9.17) is 14.6 Å². The van der Waals surface area contributed by atoms with Crippen LogP contribution < -0.4 is 4.74 Å². The highest BCUT2D eigenvalue weighted by molar-refractivity contribution is 5.89. The number of carbonyl (C=O) groups excluding carboxylic acids is 1. The summed E-state index contributed by atoms with van der Waals surface area (Å²) >= 11 is 0. The Bertz CT molecular complexity index is 804. The third kappa shape index (κ3) is 3.04. The lowest BCUT2D eigenvalue weighted by Crippen LogP contribution is -2.48. The fraction of sp³-hybridized carbons (Fsp3) is 0.300. The van der Waals surface area contributed by atoms with E-state index < -0.39 is 18.0 Å². The zero-order valence-electron chi connectivity index (χ0n) is 14.1. The fourth-order valence-corrected chi connectivity index (χ4v) is 3.60. The summed E-state index contributed by atoms with van der Waals surface area (Å²) in [4.78, 5) is 26.1. The lowest BCUT2D eigenvalue weighted by atomic mass is 9.86. The number of benzene rings is 2. The van der Waals surface area contributed by atoms with E-state index in [0.717, 1.165) is 11.1 Å². The monoisotopic (exact) mass is 353 g/mol. The van der Waals surface area contributed by atoms with Crippen LogP contribution in [0.25, 0.3) is 0 Å². The van der Waals surface area contributed by atoms with Gasteiger partial charge >= 0.3 is 5.97 Å². The van der Waals surface area contributed by atoms with Gasteiger partial charge in [-0.2, -0.15) is 0 Å². The van der Waals surface area contributed by atoms with Crippen molar-refractivity contribution in [1.82, 2.24) is 4.90 Å². The maximum atomic E-state index is 13.4. The predicted octanol–water partition coefficient (Wildman–Crippen LogP) is 2.63. The van der Waals surface area contributed by atoms with E-state index in [1.54, 1.807) is 4.90 Å². The summed E-state index contributed by atoms with van der Waals surface area (Å²) in [7, 11) is 0. The first-order valence-corrected chi connectivity index (χ1v) is 8.61. The van der Waals surface area contributed by atoms with Crippen LogP contribution in [0.2, 0.25) is 0 Å². The van der Waals surface area contributed by atoms with Gasteiger partial charge in [-0.3, -0.25) is 9.59 Å². The average Bonchev–Trinajstić information content (AvgIpc) is 2.65. The van der Waals surface area contributed by atoms with Crippen LogP contribution in [0.5, 0.6) is 11.5 Å². The number of nitrogens with zero attached hydrogens (tertiary/aromatic N) is 1. The molecule has 4 rings (SSSR count). The van der Waals surface area contributed by atoms with E-state index in [1.165, 1.54) is 0 Å². The van der Waals surface area contributed by atoms with Crippen molar-refractivity contribution in [1.29, 1.82) is 0 Å². The number of rotatable bonds is 3. The van der Waals surface area contributed by atoms with Gasteiger partial charge in [0.2, 0.25) is 5.91 Å². The molecule has 2 heterocycles. The molecule has 2 aliphatic heterocycles. The molecular weight excluding hydrogens is 334 g/mol. The molecule has 1 saturated heterocycles. The first-order valence-electron chi connectivity index (χ1n) is 8.61. The summed E-state index contributed by atoms with van der Waals surface area (Å²) in [5.41, 5.74) is 1.66. The third-order valence-electron chi connectivity index (χ3n) is 4.78. The molecule has 0 bridgehead atoms. The average molecular weight is 353 g/mol. The maximum absolute atomic E-state index is 13.4.